The summed E-state index contributed by atoms with van der Waals surface area (Å²) in [6.07, 6.45) is 0. The maximum absolute atomic E-state index is 6.17. The summed E-state index contributed by atoms with van der Waals surface area (Å²) in [4.78, 5) is 0. The minimum Gasteiger partial charge on any atom is -0.496 e. The minimum absolute atomic E-state index is 0.502. The third-order valence-corrected chi connectivity index (χ3v) is 3.35. The van der Waals surface area contributed by atoms with Crippen LogP contribution >= 0.6 is 23.8 Å². The van der Waals surface area contributed by atoms with Crippen molar-refractivity contribution in [3.63, 3.8) is 0 Å². The molecule has 0 bridgehead atoms. The van der Waals surface area contributed by atoms with E-state index in [1.165, 1.54) is 0 Å². The van der Waals surface area contributed by atoms with Crippen molar-refractivity contribution in [2.24, 2.45) is 0 Å². The number of anilines is 1. The van der Waals surface area contributed by atoms with Gasteiger partial charge in [0.15, 0.2) is 5.11 Å². The molecule has 0 saturated carbocycles. The predicted molar refractivity (Wildman–Crippen MR) is 87.5 cm³/mol. The summed E-state index contributed by atoms with van der Waals surface area (Å²) in [6.45, 7) is 0.502. The molecule has 2 aromatic rings. The summed E-state index contributed by atoms with van der Waals surface area (Å²) >= 11 is 11.4. The fourth-order valence-electron chi connectivity index (χ4n) is 1.77. The Bertz CT molecular complexity index is 590. The molecule has 0 aromatic heterocycles. The molecule has 2 aromatic carbocycles. The summed E-state index contributed by atoms with van der Waals surface area (Å²) in [5.41, 5.74) is 1.82. The number of hydrogen-bond donors (Lipinski definition) is 2. The minimum atomic E-state index is 0.502. The van der Waals surface area contributed by atoms with E-state index >= 15 is 0 Å². The van der Waals surface area contributed by atoms with Gasteiger partial charge in [-0.2, -0.15) is 0 Å². The predicted octanol–water partition coefficient (Wildman–Crippen LogP) is 3.84. The molecule has 0 unspecified atom stereocenters. The number of halogens is 1. The lowest BCUT2D eigenvalue weighted by atomic mass is 10.2. The quantitative estimate of drug-likeness (QED) is 0.841. The summed E-state index contributed by atoms with van der Waals surface area (Å²) in [5, 5.41) is 7.42. The van der Waals surface area contributed by atoms with Crippen molar-refractivity contribution in [3.05, 3.63) is 59.1 Å². The SMILES string of the molecule is COc1cccc(Cl)c1CNC(=S)Nc1ccccc1. The van der Waals surface area contributed by atoms with Gasteiger partial charge in [-0.1, -0.05) is 35.9 Å². The molecule has 2 rings (SSSR count). The number of methoxy groups -OCH3 is 1. The van der Waals surface area contributed by atoms with Crippen molar-refractivity contribution in [1.82, 2.24) is 5.32 Å². The fourth-order valence-corrected chi connectivity index (χ4v) is 2.19. The first-order valence-electron chi connectivity index (χ1n) is 6.12. The second-order valence-corrected chi connectivity index (χ2v) is 4.91. The van der Waals surface area contributed by atoms with Gasteiger partial charge >= 0.3 is 0 Å². The van der Waals surface area contributed by atoms with Crippen LogP contribution in [0.4, 0.5) is 5.69 Å². The number of nitrogens with one attached hydrogen (secondary N) is 2. The zero-order chi connectivity index (χ0) is 14.4. The molecule has 3 nitrogen and oxygen atoms in total. The second-order valence-electron chi connectivity index (χ2n) is 4.09. The number of ether oxygens (including phenoxy) is 1. The van der Waals surface area contributed by atoms with Crippen LogP contribution < -0.4 is 15.4 Å². The highest BCUT2D eigenvalue weighted by Crippen LogP contribution is 2.25. The molecule has 0 amide bonds. The number of thiocarbonyl (C=S) groups is 1. The Labute approximate surface area is 128 Å². The van der Waals surface area contributed by atoms with Gasteiger partial charge in [0.2, 0.25) is 0 Å². The topological polar surface area (TPSA) is 33.3 Å². The van der Waals surface area contributed by atoms with Crippen LogP contribution in [0.25, 0.3) is 0 Å². The average Bonchev–Trinajstić information content (AvgIpc) is 2.46. The Morgan fingerprint density at radius 2 is 1.90 bits per heavy atom. The Morgan fingerprint density at radius 3 is 2.60 bits per heavy atom. The van der Waals surface area contributed by atoms with Crippen LogP contribution in [0.1, 0.15) is 5.56 Å². The molecule has 0 heterocycles. The Kier molecular flexibility index (Phi) is 5.21. The number of benzene rings is 2. The first-order chi connectivity index (χ1) is 9.70. The molecule has 0 aliphatic heterocycles. The molecule has 104 valence electrons. The van der Waals surface area contributed by atoms with E-state index in [4.69, 9.17) is 28.6 Å². The highest BCUT2D eigenvalue weighted by molar-refractivity contribution is 7.80. The van der Waals surface area contributed by atoms with Crippen molar-refractivity contribution in [2.75, 3.05) is 12.4 Å². The zero-order valence-electron chi connectivity index (χ0n) is 11.0. The molecule has 20 heavy (non-hydrogen) atoms. The van der Waals surface area contributed by atoms with Crippen LogP contribution in [0.3, 0.4) is 0 Å². The molecule has 0 aliphatic carbocycles. The lowest BCUT2D eigenvalue weighted by Crippen LogP contribution is -2.28. The van der Waals surface area contributed by atoms with E-state index in [1.54, 1.807) is 7.11 Å². The van der Waals surface area contributed by atoms with E-state index in [-0.39, 0.29) is 0 Å². The van der Waals surface area contributed by atoms with E-state index in [0.717, 1.165) is 17.0 Å². The Hall–Kier alpha value is -1.78. The largest absolute Gasteiger partial charge is 0.496 e. The molecular weight excluding hydrogens is 292 g/mol. The molecule has 0 fully saturated rings. The van der Waals surface area contributed by atoms with E-state index in [0.29, 0.717) is 16.7 Å². The smallest absolute Gasteiger partial charge is 0.171 e. The number of para-hydroxylation sites is 1. The van der Waals surface area contributed by atoms with Crippen LogP contribution in [0, 0.1) is 0 Å². The maximum atomic E-state index is 6.17. The molecule has 0 saturated heterocycles. The molecule has 0 atom stereocenters. The van der Waals surface area contributed by atoms with Crippen LogP contribution in [0.2, 0.25) is 5.02 Å². The monoisotopic (exact) mass is 306 g/mol. The first-order valence-corrected chi connectivity index (χ1v) is 6.90. The third-order valence-electron chi connectivity index (χ3n) is 2.75. The lowest BCUT2D eigenvalue weighted by Gasteiger charge is -2.13. The van der Waals surface area contributed by atoms with Crippen molar-refractivity contribution < 1.29 is 4.74 Å². The Morgan fingerprint density at radius 1 is 1.15 bits per heavy atom. The zero-order valence-corrected chi connectivity index (χ0v) is 12.6. The molecular formula is C15H15ClN2OS. The van der Waals surface area contributed by atoms with Gasteiger partial charge < -0.3 is 15.4 Å². The molecule has 0 radical (unpaired) electrons. The van der Waals surface area contributed by atoms with Crippen LogP contribution in [0.5, 0.6) is 5.75 Å². The molecule has 5 heteroatoms. The standard InChI is InChI=1S/C15H15ClN2OS/c1-19-14-9-5-8-13(16)12(14)10-17-15(20)18-11-6-3-2-4-7-11/h2-9H,10H2,1H3,(H2,17,18,20). The van der Waals surface area contributed by atoms with Crippen LogP contribution in [-0.4, -0.2) is 12.2 Å². The molecule has 0 aliphatic rings. The van der Waals surface area contributed by atoms with Gasteiger partial charge in [0, 0.05) is 22.8 Å². The summed E-state index contributed by atoms with van der Waals surface area (Å²) in [6, 6.07) is 15.3. The van der Waals surface area contributed by atoms with Crippen molar-refractivity contribution >= 4 is 34.6 Å². The number of hydrogen-bond acceptors (Lipinski definition) is 2. The maximum Gasteiger partial charge on any atom is 0.171 e. The third kappa shape index (κ3) is 3.85. The van der Waals surface area contributed by atoms with Gasteiger partial charge in [0.05, 0.1) is 7.11 Å². The summed E-state index contributed by atoms with van der Waals surface area (Å²) in [7, 11) is 1.62. The van der Waals surface area contributed by atoms with Crippen molar-refractivity contribution in [3.8, 4) is 5.75 Å². The van der Waals surface area contributed by atoms with Crippen LogP contribution in [0.15, 0.2) is 48.5 Å². The second kappa shape index (κ2) is 7.12. The van der Waals surface area contributed by atoms with E-state index in [1.807, 2.05) is 48.5 Å². The highest BCUT2D eigenvalue weighted by atomic mass is 35.5. The van der Waals surface area contributed by atoms with Crippen molar-refractivity contribution in [2.45, 2.75) is 6.54 Å². The highest BCUT2D eigenvalue weighted by Gasteiger charge is 2.07. The van der Waals surface area contributed by atoms with Crippen LogP contribution in [-0.2, 0) is 6.54 Å². The lowest BCUT2D eigenvalue weighted by molar-refractivity contribution is 0.409. The van der Waals surface area contributed by atoms with Gasteiger partial charge in [-0.05, 0) is 36.5 Å². The van der Waals surface area contributed by atoms with E-state index < -0.39 is 0 Å². The average molecular weight is 307 g/mol. The first kappa shape index (κ1) is 14.6. The van der Waals surface area contributed by atoms with E-state index in [9.17, 15) is 0 Å². The van der Waals surface area contributed by atoms with Crippen molar-refractivity contribution in [1.29, 1.82) is 0 Å². The molecule has 2 N–H and O–H groups in total. The molecule has 0 spiro atoms. The van der Waals surface area contributed by atoms with Gasteiger partial charge in [-0.3, -0.25) is 0 Å². The van der Waals surface area contributed by atoms with Gasteiger partial charge in [0.25, 0.3) is 0 Å². The van der Waals surface area contributed by atoms with Gasteiger partial charge in [-0.25, -0.2) is 0 Å². The van der Waals surface area contributed by atoms with Gasteiger partial charge in [-0.15, -0.1) is 0 Å². The fraction of sp³-hybridized carbons (Fsp3) is 0.133. The number of rotatable bonds is 4. The summed E-state index contributed by atoms with van der Waals surface area (Å²) < 4.78 is 5.29. The van der Waals surface area contributed by atoms with E-state index in [2.05, 4.69) is 10.6 Å². The summed E-state index contributed by atoms with van der Waals surface area (Å²) in [5.74, 6) is 0.743. The normalized spacial score (nSPS) is 9.90. The van der Waals surface area contributed by atoms with Gasteiger partial charge in [0.1, 0.15) is 5.75 Å². The Balaban J connectivity index is 1.97.